The lowest BCUT2D eigenvalue weighted by Crippen LogP contribution is -2.20. The number of ether oxygens (including phenoxy) is 1. The van der Waals surface area contributed by atoms with Gasteiger partial charge in [0.25, 0.3) is 5.91 Å². The van der Waals surface area contributed by atoms with E-state index in [9.17, 15) is 9.59 Å². The second kappa shape index (κ2) is 7.82. The van der Waals surface area contributed by atoms with Crippen LogP contribution in [-0.4, -0.2) is 18.5 Å². The van der Waals surface area contributed by atoms with Crippen LogP contribution in [0.15, 0.2) is 51.6 Å². The fourth-order valence-electron chi connectivity index (χ4n) is 1.48. The van der Waals surface area contributed by atoms with Crippen LogP contribution in [-0.2, 0) is 14.3 Å². The van der Waals surface area contributed by atoms with Gasteiger partial charge in [0.05, 0.1) is 0 Å². The molecule has 0 spiro atoms. The Morgan fingerprint density at radius 2 is 1.95 bits per heavy atom. The molecular weight excluding hydrogens is 374 g/mol. The zero-order valence-electron chi connectivity index (χ0n) is 11.2. The molecule has 1 aromatic heterocycles. The Morgan fingerprint density at radius 1 is 1.23 bits per heavy atom. The van der Waals surface area contributed by atoms with Crippen LogP contribution in [0.4, 0.5) is 5.69 Å². The van der Waals surface area contributed by atoms with Crippen LogP contribution in [0.2, 0.25) is 5.02 Å². The molecule has 5 nitrogen and oxygen atoms in total. The van der Waals surface area contributed by atoms with Crippen LogP contribution < -0.4 is 5.32 Å². The summed E-state index contributed by atoms with van der Waals surface area (Å²) in [6.45, 7) is -0.381. The molecule has 0 aliphatic carbocycles. The van der Waals surface area contributed by atoms with E-state index < -0.39 is 11.9 Å². The Labute approximate surface area is 140 Å². The molecule has 1 amide bonds. The van der Waals surface area contributed by atoms with Crippen molar-refractivity contribution in [2.75, 3.05) is 11.9 Å². The molecule has 0 aliphatic heterocycles. The second-order valence-corrected chi connectivity index (χ2v) is 5.36. The molecule has 0 saturated heterocycles. The fraction of sp³-hybridized carbons (Fsp3) is 0.0667. The molecule has 0 atom stereocenters. The normalized spacial score (nSPS) is 10.6. The van der Waals surface area contributed by atoms with E-state index in [0.717, 1.165) is 0 Å². The van der Waals surface area contributed by atoms with Gasteiger partial charge in [0.2, 0.25) is 0 Å². The molecule has 0 bridgehead atoms. The first-order chi connectivity index (χ1) is 10.5. The van der Waals surface area contributed by atoms with Crippen molar-refractivity contribution in [3.8, 4) is 0 Å². The lowest BCUT2D eigenvalue weighted by molar-refractivity contribution is -0.142. The molecule has 0 fully saturated rings. The number of furan rings is 1. The largest absolute Gasteiger partial charge is 0.452 e. The number of esters is 1. The zero-order chi connectivity index (χ0) is 15.9. The SMILES string of the molecule is O=C(COC(=O)/C=C/c1ccc(Br)o1)Nc1ccc(Cl)cc1. The molecule has 2 aromatic rings. The van der Waals surface area contributed by atoms with E-state index in [1.54, 1.807) is 36.4 Å². The summed E-state index contributed by atoms with van der Waals surface area (Å²) in [6.07, 6.45) is 2.63. The lowest BCUT2D eigenvalue weighted by Gasteiger charge is -2.05. The number of benzene rings is 1. The number of nitrogens with one attached hydrogen (secondary N) is 1. The van der Waals surface area contributed by atoms with Crippen molar-refractivity contribution in [3.05, 3.63) is 57.9 Å². The monoisotopic (exact) mass is 383 g/mol. The van der Waals surface area contributed by atoms with E-state index in [4.69, 9.17) is 20.8 Å². The first kappa shape index (κ1) is 16.3. The molecule has 114 valence electrons. The van der Waals surface area contributed by atoms with Gasteiger partial charge in [-0.15, -0.1) is 0 Å². The molecule has 0 aliphatic rings. The average Bonchev–Trinajstić information content (AvgIpc) is 2.91. The van der Waals surface area contributed by atoms with Gasteiger partial charge in [-0.3, -0.25) is 4.79 Å². The Morgan fingerprint density at radius 3 is 2.59 bits per heavy atom. The standard InChI is InChI=1S/C15H11BrClNO4/c16-13-7-5-12(22-13)6-8-15(20)21-9-14(19)18-11-3-1-10(17)2-4-11/h1-8H,9H2,(H,18,19)/b8-6+. The number of anilines is 1. The summed E-state index contributed by atoms with van der Waals surface area (Å²) in [7, 11) is 0. The number of halogens is 2. The van der Waals surface area contributed by atoms with Crippen molar-refractivity contribution in [2.24, 2.45) is 0 Å². The Balaban J connectivity index is 1.77. The summed E-state index contributed by atoms with van der Waals surface area (Å²) in [5.41, 5.74) is 0.571. The van der Waals surface area contributed by atoms with Crippen molar-refractivity contribution >= 4 is 51.2 Å². The summed E-state index contributed by atoms with van der Waals surface area (Å²) in [5.74, 6) is -0.585. The number of carbonyl (C=O) groups is 2. The van der Waals surface area contributed by atoms with Crippen LogP contribution >= 0.6 is 27.5 Å². The molecule has 0 radical (unpaired) electrons. The van der Waals surface area contributed by atoms with Gasteiger partial charge in [-0.05, 0) is 58.4 Å². The number of amides is 1. The third-order valence-electron chi connectivity index (χ3n) is 2.45. The van der Waals surface area contributed by atoms with Gasteiger partial charge in [0.1, 0.15) is 5.76 Å². The highest BCUT2D eigenvalue weighted by Gasteiger charge is 2.06. The minimum atomic E-state index is -0.640. The van der Waals surface area contributed by atoms with Crippen molar-refractivity contribution in [3.63, 3.8) is 0 Å². The zero-order valence-corrected chi connectivity index (χ0v) is 13.6. The Bertz CT molecular complexity index is 694. The third kappa shape index (κ3) is 5.38. The van der Waals surface area contributed by atoms with E-state index >= 15 is 0 Å². The maximum absolute atomic E-state index is 11.6. The predicted octanol–water partition coefficient (Wildman–Crippen LogP) is 3.89. The Kier molecular flexibility index (Phi) is 5.80. The number of hydrogen-bond donors (Lipinski definition) is 1. The highest BCUT2D eigenvalue weighted by Crippen LogP contribution is 2.15. The molecule has 1 heterocycles. The van der Waals surface area contributed by atoms with Crippen molar-refractivity contribution < 1.29 is 18.7 Å². The highest BCUT2D eigenvalue weighted by atomic mass is 79.9. The van der Waals surface area contributed by atoms with Gasteiger partial charge < -0.3 is 14.5 Å². The van der Waals surface area contributed by atoms with Crippen LogP contribution in [0, 0.1) is 0 Å². The van der Waals surface area contributed by atoms with Crippen LogP contribution in [0.25, 0.3) is 6.08 Å². The summed E-state index contributed by atoms with van der Waals surface area (Å²) in [6, 6.07) is 9.97. The molecule has 7 heteroatoms. The number of carbonyl (C=O) groups excluding carboxylic acids is 2. The molecule has 2 rings (SSSR count). The summed E-state index contributed by atoms with van der Waals surface area (Å²) in [5, 5.41) is 3.15. The topological polar surface area (TPSA) is 68.5 Å². The molecule has 1 aromatic carbocycles. The minimum absolute atomic E-state index is 0.381. The van der Waals surface area contributed by atoms with E-state index in [1.165, 1.54) is 12.2 Å². The van der Waals surface area contributed by atoms with Crippen LogP contribution in [0.5, 0.6) is 0 Å². The van der Waals surface area contributed by atoms with Crippen molar-refractivity contribution in [1.29, 1.82) is 0 Å². The molecular formula is C15H11BrClNO4. The number of rotatable bonds is 5. The van der Waals surface area contributed by atoms with E-state index in [1.807, 2.05) is 0 Å². The summed E-state index contributed by atoms with van der Waals surface area (Å²) < 4.78 is 10.5. The maximum Gasteiger partial charge on any atom is 0.331 e. The van der Waals surface area contributed by atoms with Crippen LogP contribution in [0.3, 0.4) is 0 Å². The van der Waals surface area contributed by atoms with Gasteiger partial charge in [-0.2, -0.15) is 0 Å². The average molecular weight is 385 g/mol. The first-order valence-electron chi connectivity index (χ1n) is 6.18. The summed E-state index contributed by atoms with van der Waals surface area (Å²) in [4.78, 5) is 23.1. The van der Waals surface area contributed by atoms with Gasteiger partial charge in [-0.25, -0.2) is 4.79 Å². The van der Waals surface area contributed by atoms with Gasteiger partial charge in [0.15, 0.2) is 11.3 Å². The molecule has 22 heavy (non-hydrogen) atoms. The Hall–Kier alpha value is -2.05. The third-order valence-corrected chi connectivity index (χ3v) is 3.13. The van der Waals surface area contributed by atoms with Gasteiger partial charge in [0, 0.05) is 16.8 Å². The molecule has 0 saturated carbocycles. The molecule has 1 N–H and O–H groups in total. The highest BCUT2D eigenvalue weighted by molar-refractivity contribution is 9.10. The lowest BCUT2D eigenvalue weighted by atomic mass is 10.3. The van der Waals surface area contributed by atoms with E-state index in [2.05, 4.69) is 21.2 Å². The second-order valence-electron chi connectivity index (χ2n) is 4.14. The van der Waals surface area contributed by atoms with E-state index in [-0.39, 0.29) is 6.61 Å². The van der Waals surface area contributed by atoms with Crippen LogP contribution in [0.1, 0.15) is 5.76 Å². The van der Waals surface area contributed by atoms with Gasteiger partial charge >= 0.3 is 5.97 Å². The van der Waals surface area contributed by atoms with Crippen molar-refractivity contribution in [1.82, 2.24) is 0 Å². The minimum Gasteiger partial charge on any atom is -0.452 e. The fourth-order valence-corrected chi connectivity index (χ4v) is 1.93. The number of hydrogen-bond acceptors (Lipinski definition) is 4. The maximum atomic E-state index is 11.6. The van der Waals surface area contributed by atoms with Crippen molar-refractivity contribution in [2.45, 2.75) is 0 Å². The summed E-state index contributed by atoms with van der Waals surface area (Å²) >= 11 is 8.88. The molecule has 0 unspecified atom stereocenters. The quantitative estimate of drug-likeness (QED) is 0.627. The predicted molar refractivity (Wildman–Crippen MR) is 86.5 cm³/mol. The van der Waals surface area contributed by atoms with E-state index in [0.29, 0.717) is 21.1 Å². The van der Waals surface area contributed by atoms with Gasteiger partial charge in [-0.1, -0.05) is 11.6 Å². The smallest absolute Gasteiger partial charge is 0.331 e. The first-order valence-corrected chi connectivity index (χ1v) is 7.35.